The molecule has 0 N–H and O–H groups in total. The van der Waals surface area contributed by atoms with Crippen molar-refractivity contribution in [1.29, 1.82) is 0 Å². The maximum atomic E-state index is 4.24. The van der Waals surface area contributed by atoms with Gasteiger partial charge in [0, 0.05) is 24.2 Å². The Labute approximate surface area is 83.4 Å². The van der Waals surface area contributed by atoms with Crippen molar-refractivity contribution in [3.8, 4) is 0 Å². The molecule has 0 bridgehead atoms. The molecule has 0 spiro atoms. The summed E-state index contributed by atoms with van der Waals surface area (Å²) >= 11 is 1.75. The summed E-state index contributed by atoms with van der Waals surface area (Å²) in [6.07, 6.45) is 8.62. The van der Waals surface area contributed by atoms with Crippen molar-refractivity contribution in [3.63, 3.8) is 0 Å². The van der Waals surface area contributed by atoms with Crippen molar-refractivity contribution in [2.24, 2.45) is 0 Å². The van der Waals surface area contributed by atoms with Gasteiger partial charge in [0.2, 0.25) is 0 Å². The van der Waals surface area contributed by atoms with Crippen molar-refractivity contribution in [1.82, 2.24) is 4.98 Å². The first-order chi connectivity index (χ1) is 6.40. The van der Waals surface area contributed by atoms with E-state index in [1.54, 1.807) is 11.8 Å². The predicted octanol–water partition coefficient (Wildman–Crippen LogP) is 2.40. The van der Waals surface area contributed by atoms with E-state index >= 15 is 0 Å². The second kappa shape index (κ2) is 4.01. The van der Waals surface area contributed by atoms with Gasteiger partial charge in [-0.1, -0.05) is 0 Å². The molecular weight excluding hydrogens is 180 g/mol. The lowest BCUT2D eigenvalue weighted by atomic mass is 10.4. The Balaban J connectivity index is 2.18. The second-order valence-electron chi connectivity index (χ2n) is 3.28. The van der Waals surface area contributed by atoms with E-state index in [9.17, 15) is 0 Å². The van der Waals surface area contributed by atoms with Crippen molar-refractivity contribution < 1.29 is 0 Å². The molecule has 0 amide bonds. The van der Waals surface area contributed by atoms with Gasteiger partial charge in [0.25, 0.3) is 0 Å². The van der Waals surface area contributed by atoms with E-state index in [0.29, 0.717) is 0 Å². The van der Waals surface area contributed by atoms with E-state index in [2.05, 4.69) is 22.2 Å². The lowest BCUT2D eigenvalue weighted by Gasteiger charge is -2.17. The minimum absolute atomic E-state index is 1.19. The first-order valence-electron chi connectivity index (χ1n) is 4.64. The molecule has 1 fully saturated rings. The van der Waals surface area contributed by atoms with Gasteiger partial charge in [0.05, 0.1) is 11.9 Å². The topological polar surface area (TPSA) is 16.1 Å². The number of anilines is 1. The smallest absolute Gasteiger partial charge is 0.0563 e. The number of thioether (sulfide) groups is 1. The average Bonchev–Trinajstić information content (AvgIpc) is 2.71. The van der Waals surface area contributed by atoms with Crippen molar-refractivity contribution >= 4 is 17.4 Å². The molecule has 70 valence electrons. The van der Waals surface area contributed by atoms with Crippen LogP contribution in [-0.2, 0) is 0 Å². The molecule has 0 atom stereocenters. The third-order valence-electron chi connectivity index (χ3n) is 2.41. The Hall–Kier alpha value is -0.700. The van der Waals surface area contributed by atoms with Gasteiger partial charge >= 0.3 is 0 Å². The largest absolute Gasteiger partial charge is 0.370 e. The summed E-state index contributed by atoms with van der Waals surface area (Å²) in [5, 5.41) is 0. The monoisotopic (exact) mass is 194 g/mol. The van der Waals surface area contributed by atoms with Gasteiger partial charge in [0.15, 0.2) is 0 Å². The molecule has 0 aromatic carbocycles. The summed E-state index contributed by atoms with van der Waals surface area (Å²) in [6.45, 7) is 2.39. The minimum atomic E-state index is 1.19. The highest BCUT2D eigenvalue weighted by Gasteiger charge is 2.12. The van der Waals surface area contributed by atoms with E-state index in [-0.39, 0.29) is 0 Å². The summed E-state index contributed by atoms with van der Waals surface area (Å²) < 4.78 is 0. The molecule has 2 heterocycles. The zero-order valence-electron chi connectivity index (χ0n) is 7.86. The molecule has 0 aliphatic carbocycles. The predicted molar refractivity (Wildman–Crippen MR) is 57.5 cm³/mol. The quantitative estimate of drug-likeness (QED) is 0.673. The number of hydrogen-bond donors (Lipinski definition) is 0. The van der Waals surface area contributed by atoms with Crippen LogP contribution >= 0.6 is 11.8 Å². The molecule has 1 saturated heterocycles. The van der Waals surface area contributed by atoms with Crippen molar-refractivity contribution in [2.45, 2.75) is 17.7 Å². The first kappa shape index (κ1) is 8.88. The molecule has 13 heavy (non-hydrogen) atoms. The Kier molecular flexibility index (Phi) is 2.74. The van der Waals surface area contributed by atoms with Crippen LogP contribution in [0.5, 0.6) is 0 Å². The van der Waals surface area contributed by atoms with Gasteiger partial charge in [-0.25, -0.2) is 0 Å². The first-order valence-corrected chi connectivity index (χ1v) is 5.86. The van der Waals surface area contributed by atoms with Gasteiger partial charge < -0.3 is 4.90 Å². The van der Waals surface area contributed by atoms with Crippen LogP contribution in [0.3, 0.4) is 0 Å². The van der Waals surface area contributed by atoms with Crippen molar-refractivity contribution in [3.05, 3.63) is 18.5 Å². The summed E-state index contributed by atoms with van der Waals surface area (Å²) in [7, 11) is 0. The summed E-state index contributed by atoms with van der Waals surface area (Å²) in [5.41, 5.74) is 1.28. The van der Waals surface area contributed by atoms with Crippen LogP contribution in [-0.4, -0.2) is 24.3 Å². The lowest BCUT2D eigenvalue weighted by molar-refractivity contribution is 0.949. The van der Waals surface area contributed by atoms with Crippen LogP contribution in [0.1, 0.15) is 12.8 Å². The van der Waals surface area contributed by atoms with Gasteiger partial charge in [0.1, 0.15) is 0 Å². The highest BCUT2D eigenvalue weighted by atomic mass is 32.2. The number of pyridine rings is 1. The van der Waals surface area contributed by atoms with E-state index in [1.165, 1.54) is 36.5 Å². The molecule has 1 aliphatic rings. The zero-order valence-corrected chi connectivity index (χ0v) is 8.68. The van der Waals surface area contributed by atoms with Crippen LogP contribution in [0.2, 0.25) is 0 Å². The third kappa shape index (κ3) is 1.97. The fraction of sp³-hybridized carbons (Fsp3) is 0.500. The molecule has 1 aliphatic heterocycles. The number of hydrogen-bond acceptors (Lipinski definition) is 3. The molecule has 1 aromatic rings. The maximum Gasteiger partial charge on any atom is 0.0563 e. The van der Waals surface area contributed by atoms with E-state index in [1.807, 2.05) is 12.4 Å². The number of nitrogens with zero attached hydrogens (tertiary/aromatic N) is 2. The zero-order chi connectivity index (χ0) is 9.10. The molecule has 0 unspecified atom stereocenters. The Morgan fingerprint density at radius 2 is 2.08 bits per heavy atom. The Bertz CT molecular complexity index is 282. The third-order valence-corrected chi connectivity index (χ3v) is 3.10. The minimum Gasteiger partial charge on any atom is -0.370 e. The van der Waals surface area contributed by atoms with Crippen LogP contribution < -0.4 is 4.90 Å². The van der Waals surface area contributed by atoms with Gasteiger partial charge in [-0.3, -0.25) is 4.98 Å². The fourth-order valence-corrected chi connectivity index (χ4v) is 2.07. The van der Waals surface area contributed by atoms with Gasteiger partial charge in [-0.15, -0.1) is 11.8 Å². The van der Waals surface area contributed by atoms with Crippen molar-refractivity contribution in [2.75, 3.05) is 24.2 Å². The SMILES string of the molecule is CSc1cncc(N2CCCC2)c1. The van der Waals surface area contributed by atoms with Crippen LogP contribution in [0.25, 0.3) is 0 Å². The number of rotatable bonds is 2. The number of aromatic nitrogens is 1. The van der Waals surface area contributed by atoms with Crippen LogP contribution in [0.4, 0.5) is 5.69 Å². The molecule has 0 radical (unpaired) electrons. The molecule has 1 aromatic heterocycles. The highest BCUT2D eigenvalue weighted by Crippen LogP contribution is 2.23. The van der Waals surface area contributed by atoms with Crippen LogP contribution in [0, 0.1) is 0 Å². The molecular formula is C10H14N2S. The standard InChI is InChI=1S/C10H14N2S/c1-13-10-6-9(7-11-8-10)12-4-2-3-5-12/h6-8H,2-5H2,1H3. The Morgan fingerprint density at radius 3 is 2.77 bits per heavy atom. The van der Waals surface area contributed by atoms with Gasteiger partial charge in [-0.05, 0) is 25.2 Å². The normalized spacial score (nSPS) is 16.5. The maximum absolute atomic E-state index is 4.24. The summed E-state index contributed by atoms with van der Waals surface area (Å²) in [5.74, 6) is 0. The fourth-order valence-electron chi connectivity index (χ4n) is 1.67. The van der Waals surface area contributed by atoms with E-state index in [0.717, 1.165) is 0 Å². The van der Waals surface area contributed by atoms with E-state index in [4.69, 9.17) is 0 Å². The Morgan fingerprint density at radius 1 is 1.31 bits per heavy atom. The highest BCUT2D eigenvalue weighted by molar-refractivity contribution is 7.98. The molecule has 2 nitrogen and oxygen atoms in total. The summed E-state index contributed by atoms with van der Waals surface area (Å²) in [6, 6.07) is 2.23. The summed E-state index contributed by atoms with van der Waals surface area (Å²) in [4.78, 5) is 7.90. The molecule has 3 heteroatoms. The van der Waals surface area contributed by atoms with Gasteiger partial charge in [-0.2, -0.15) is 0 Å². The molecule has 2 rings (SSSR count). The average molecular weight is 194 g/mol. The van der Waals surface area contributed by atoms with Crippen LogP contribution in [0.15, 0.2) is 23.4 Å². The van der Waals surface area contributed by atoms with E-state index < -0.39 is 0 Å². The lowest BCUT2D eigenvalue weighted by Crippen LogP contribution is -2.17. The molecule has 0 saturated carbocycles. The second-order valence-corrected chi connectivity index (χ2v) is 4.16.